The summed E-state index contributed by atoms with van der Waals surface area (Å²) in [7, 11) is 3.06. The summed E-state index contributed by atoms with van der Waals surface area (Å²) in [4.78, 5) is 14.6. The van der Waals surface area contributed by atoms with Crippen LogP contribution in [0.2, 0.25) is 5.02 Å². The highest BCUT2D eigenvalue weighted by molar-refractivity contribution is 9.10. The van der Waals surface area contributed by atoms with Gasteiger partial charge < -0.3 is 19.5 Å². The van der Waals surface area contributed by atoms with E-state index in [1.54, 1.807) is 17.0 Å². The van der Waals surface area contributed by atoms with Crippen LogP contribution in [0.15, 0.2) is 34.8 Å². The van der Waals surface area contributed by atoms with Crippen molar-refractivity contribution in [1.29, 1.82) is 0 Å². The molecule has 0 aromatic heterocycles. The third kappa shape index (κ3) is 2.89. The van der Waals surface area contributed by atoms with E-state index in [0.29, 0.717) is 28.6 Å². The van der Waals surface area contributed by atoms with E-state index in [1.165, 1.54) is 14.2 Å². The summed E-state index contributed by atoms with van der Waals surface area (Å²) >= 11 is 9.79. The van der Waals surface area contributed by atoms with Gasteiger partial charge in [0.2, 0.25) is 0 Å². The van der Waals surface area contributed by atoms with Gasteiger partial charge in [-0.2, -0.15) is 0 Å². The van der Waals surface area contributed by atoms with Crippen LogP contribution in [-0.2, 0) is 0 Å². The molecule has 2 amide bonds. The normalized spacial score (nSPS) is 23.2. The van der Waals surface area contributed by atoms with Gasteiger partial charge >= 0.3 is 6.03 Å². The first kappa shape index (κ1) is 18.3. The predicted molar refractivity (Wildman–Crippen MR) is 106 cm³/mol. The largest absolute Gasteiger partial charge is 0.495 e. The standard InChI is InChI=1S/C19H18BrClN2O4/c1-19-9-13(11-6-10(20)4-5-15(11)27-19)22-18(24)23(19)14-7-12(21)16(25-2)8-17(14)26-3/h4-8,13H,9H2,1-3H3,(H,22,24)/t13-,19+/m0/s1. The second-order valence-corrected chi connectivity index (χ2v) is 7.98. The number of rotatable bonds is 3. The number of hydrogen-bond acceptors (Lipinski definition) is 4. The number of hydrogen-bond donors (Lipinski definition) is 1. The Morgan fingerprint density at radius 2 is 2.00 bits per heavy atom. The molecule has 2 bridgehead atoms. The Hall–Kier alpha value is -2.12. The topological polar surface area (TPSA) is 60.0 Å². The molecule has 0 aliphatic carbocycles. The Kier molecular flexibility index (Phi) is 4.39. The first-order valence-electron chi connectivity index (χ1n) is 8.37. The molecule has 2 aromatic carbocycles. The molecule has 0 unspecified atom stereocenters. The number of methoxy groups -OCH3 is 2. The lowest BCUT2D eigenvalue weighted by molar-refractivity contribution is 0.0374. The third-order valence-electron chi connectivity index (χ3n) is 4.93. The first-order valence-corrected chi connectivity index (χ1v) is 9.54. The van der Waals surface area contributed by atoms with Gasteiger partial charge in [-0.05, 0) is 31.2 Å². The molecular formula is C19H18BrClN2O4. The summed E-state index contributed by atoms with van der Waals surface area (Å²) in [5.41, 5.74) is 0.579. The van der Waals surface area contributed by atoms with Crippen LogP contribution in [0, 0.1) is 0 Å². The van der Waals surface area contributed by atoms with E-state index in [4.69, 9.17) is 25.8 Å². The van der Waals surface area contributed by atoms with E-state index in [9.17, 15) is 4.79 Å². The monoisotopic (exact) mass is 452 g/mol. The van der Waals surface area contributed by atoms with Crippen LogP contribution in [0.1, 0.15) is 24.9 Å². The number of amides is 2. The van der Waals surface area contributed by atoms with Gasteiger partial charge in [0.15, 0.2) is 5.72 Å². The van der Waals surface area contributed by atoms with Crippen molar-refractivity contribution in [2.75, 3.05) is 19.1 Å². The molecule has 1 saturated heterocycles. The Balaban J connectivity index is 1.83. The average Bonchev–Trinajstić information content (AvgIpc) is 2.62. The Morgan fingerprint density at radius 1 is 1.26 bits per heavy atom. The van der Waals surface area contributed by atoms with Crippen molar-refractivity contribution in [1.82, 2.24) is 5.32 Å². The van der Waals surface area contributed by atoms with Crippen LogP contribution in [0.5, 0.6) is 17.2 Å². The number of benzene rings is 2. The molecular weight excluding hydrogens is 436 g/mol. The van der Waals surface area contributed by atoms with E-state index < -0.39 is 5.72 Å². The lowest BCUT2D eigenvalue weighted by atomic mass is 9.90. The van der Waals surface area contributed by atoms with Gasteiger partial charge in [-0.3, -0.25) is 4.90 Å². The van der Waals surface area contributed by atoms with Crippen molar-refractivity contribution in [3.05, 3.63) is 45.4 Å². The molecule has 0 saturated carbocycles. The zero-order chi connectivity index (χ0) is 19.3. The number of urea groups is 1. The summed E-state index contributed by atoms with van der Waals surface area (Å²) in [5.74, 6) is 1.68. The third-order valence-corrected chi connectivity index (χ3v) is 5.72. The number of halogens is 2. The van der Waals surface area contributed by atoms with Crippen LogP contribution in [-0.4, -0.2) is 26.0 Å². The van der Waals surface area contributed by atoms with Crippen molar-refractivity contribution >= 4 is 39.2 Å². The molecule has 1 fully saturated rings. The van der Waals surface area contributed by atoms with Gasteiger partial charge in [0.25, 0.3) is 0 Å². The van der Waals surface area contributed by atoms with Crippen LogP contribution < -0.4 is 24.4 Å². The maximum absolute atomic E-state index is 13.0. The second kappa shape index (κ2) is 6.49. The molecule has 2 aliphatic rings. The molecule has 0 spiro atoms. The molecule has 0 radical (unpaired) electrons. The van der Waals surface area contributed by atoms with Crippen LogP contribution >= 0.6 is 27.5 Å². The highest BCUT2D eigenvalue weighted by Gasteiger charge is 2.50. The van der Waals surface area contributed by atoms with Gasteiger partial charge in [0.1, 0.15) is 17.2 Å². The number of ether oxygens (including phenoxy) is 3. The molecule has 1 N–H and O–H groups in total. The molecule has 2 aromatic rings. The first-order chi connectivity index (χ1) is 12.9. The quantitative estimate of drug-likeness (QED) is 0.719. The molecule has 6 nitrogen and oxygen atoms in total. The van der Waals surface area contributed by atoms with Crippen LogP contribution in [0.4, 0.5) is 10.5 Å². The van der Waals surface area contributed by atoms with Crippen molar-refractivity contribution in [2.24, 2.45) is 0 Å². The zero-order valence-electron chi connectivity index (χ0n) is 15.0. The fourth-order valence-electron chi connectivity index (χ4n) is 3.73. The van der Waals surface area contributed by atoms with Crippen LogP contribution in [0.3, 0.4) is 0 Å². The lowest BCUT2D eigenvalue weighted by Gasteiger charge is -2.50. The Bertz CT molecular complexity index is 938. The molecule has 4 rings (SSSR count). The maximum Gasteiger partial charge on any atom is 0.325 e. The lowest BCUT2D eigenvalue weighted by Crippen LogP contribution is -2.65. The van der Waals surface area contributed by atoms with E-state index in [1.807, 2.05) is 25.1 Å². The fraction of sp³-hybridized carbons (Fsp3) is 0.316. The average molecular weight is 454 g/mol. The predicted octanol–water partition coefficient (Wildman–Crippen LogP) is 4.89. The SMILES string of the molecule is COc1cc(OC)c(N2C(=O)N[C@H]3C[C@@]2(C)Oc2ccc(Br)cc23)cc1Cl. The fourth-order valence-corrected chi connectivity index (χ4v) is 4.34. The summed E-state index contributed by atoms with van der Waals surface area (Å²) in [6.07, 6.45) is 0.578. The van der Waals surface area contributed by atoms with Crippen molar-refractivity contribution < 1.29 is 19.0 Å². The molecule has 142 valence electrons. The minimum absolute atomic E-state index is 0.139. The summed E-state index contributed by atoms with van der Waals surface area (Å²) in [6, 6.07) is 8.69. The van der Waals surface area contributed by atoms with Gasteiger partial charge in [0.05, 0.1) is 31.0 Å². The number of nitrogens with one attached hydrogen (secondary N) is 1. The summed E-state index contributed by atoms with van der Waals surface area (Å²) in [6.45, 7) is 1.89. The molecule has 8 heteroatoms. The Labute approximate surface area is 170 Å². The second-order valence-electron chi connectivity index (χ2n) is 6.66. The number of carbonyl (C=O) groups excluding carboxylic acids is 1. The van der Waals surface area contributed by atoms with Crippen molar-refractivity contribution in [3.8, 4) is 17.2 Å². The smallest absolute Gasteiger partial charge is 0.325 e. The van der Waals surface area contributed by atoms with Gasteiger partial charge in [-0.1, -0.05) is 27.5 Å². The van der Waals surface area contributed by atoms with Gasteiger partial charge in [0, 0.05) is 22.5 Å². The van der Waals surface area contributed by atoms with E-state index in [-0.39, 0.29) is 12.1 Å². The number of carbonyl (C=O) groups is 1. The summed E-state index contributed by atoms with van der Waals surface area (Å²) in [5, 5.41) is 3.44. The van der Waals surface area contributed by atoms with Gasteiger partial charge in [-0.25, -0.2) is 4.79 Å². The minimum Gasteiger partial charge on any atom is -0.495 e. The highest BCUT2D eigenvalue weighted by Crippen LogP contribution is 2.49. The number of fused-ring (bicyclic) bond motifs is 4. The maximum atomic E-state index is 13.0. The minimum atomic E-state index is -0.890. The molecule has 2 heterocycles. The number of nitrogens with zero attached hydrogens (tertiary/aromatic N) is 1. The van der Waals surface area contributed by atoms with E-state index in [0.717, 1.165) is 15.8 Å². The number of anilines is 1. The van der Waals surface area contributed by atoms with Gasteiger partial charge in [-0.15, -0.1) is 0 Å². The van der Waals surface area contributed by atoms with Crippen molar-refractivity contribution in [2.45, 2.75) is 25.1 Å². The molecule has 2 aliphatic heterocycles. The summed E-state index contributed by atoms with van der Waals surface area (Å²) < 4.78 is 18.0. The van der Waals surface area contributed by atoms with Crippen molar-refractivity contribution in [3.63, 3.8) is 0 Å². The van der Waals surface area contributed by atoms with Crippen LogP contribution in [0.25, 0.3) is 0 Å². The Morgan fingerprint density at radius 3 is 2.70 bits per heavy atom. The zero-order valence-corrected chi connectivity index (χ0v) is 17.3. The highest BCUT2D eigenvalue weighted by atomic mass is 79.9. The molecule has 27 heavy (non-hydrogen) atoms. The molecule has 2 atom stereocenters. The van der Waals surface area contributed by atoms with E-state index in [2.05, 4.69) is 21.2 Å². The van der Waals surface area contributed by atoms with E-state index >= 15 is 0 Å².